The lowest BCUT2D eigenvalue weighted by molar-refractivity contribution is 0.224. The highest BCUT2D eigenvalue weighted by molar-refractivity contribution is 5.20. The van der Waals surface area contributed by atoms with Crippen LogP contribution in [0.15, 0.2) is 24.3 Å². The van der Waals surface area contributed by atoms with Gasteiger partial charge in [0.25, 0.3) is 0 Å². The first-order valence-corrected chi connectivity index (χ1v) is 7.35. The van der Waals surface area contributed by atoms with Crippen LogP contribution in [0.25, 0.3) is 0 Å². The number of nitrogens with zero attached hydrogens (tertiary/aromatic N) is 1. The molecule has 3 heteroatoms. The Hall–Kier alpha value is -0.930. The van der Waals surface area contributed by atoms with E-state index in [1.165, 1.54) is 38.2 Å². The van der Waals surface area contributed by atoms with Crippen molar-refractivity contribution in [3.8, 4) is 0 Å². The summed E-state index contributed by atoms with van der Waals surface area (Å²) in [4.78, 5) is 2.30. The molecule has 0 saturated heterocycles. The Labute approximate surface area is 115 Å². The van der Waals surface area contributed by atoms with Crippen LogP contribution in [0.1, 0.15) is 43.7 Å². The molecular formula is C16H25FN2. The van der Waals surface area contributed by atoms with E-state index in [1.807, 2.05) is 6.07 Å². The molecule has 0 amide bonds. The lowest BCUT2D eigenvalue weighted by Gasteiger charge is -2.28. The fourth-order valence-corrected chi connectivity index (χ4v) is 3.06. The minimum absolute atomic E-state index is 0.107. The molecule has 0 spiro atoms. The van der Waals surface area contributed by atoms with Gasteiger partial charge in [-0.2, -0.15) is 0 Å². The lowest BCUT2D eigenvalue weighted by Crippen LogP contribution is -2.33. The smallest absolute Gasteiger partial charge is 0.123 e. The third kappa shape index (κ3) is 4.59. The van der Waals surface area contributed by atoms with E-state index in [-0.39, 0.29) is 11.9 Å². The fourth-order valence-electron chi connectivity index (χ4n) is 3.06. The maximum Gasteiger partial charge on any atom is 0.123 e. The van der Waals surface area contributed by atoms with E-state index in [2.05, 4.69) is 11.9 Å². The second-order valence-corrected chi connectivity index (χ2v) is 5.89. The molecule has 1 aliphatic rings. The van der Waals surface area contributed by atoms with Gasteiger partial charge in [0.2, 0.25) is 0 Å². The Morgan fingerprint density at radius 1 is 1.32 bits per heavy atom. The maximum absolute atomic E-state index is 13.2. The molecule has 0 aromatic heterocycles. The molecule has 0 radical (unpaired) electrons. The van der Waals surface area contributed by atoms with Crippen LogP contribution < -0.4 is 5.73 Å². The monoisotopic (exact) mass is 264 g/mol. The topological polar surface area (TPSA) is 29.3 Å². The molecule has 2 N–H and O–H groups in total. The van der Waals surface area contributed by atoms with Gasteiger partial charge in [-0.05, 0) is 43.5 Å². The summed E-state index contributed by atoms with van der Waals surface area (Å²) in [6, 6.07) is 6.53. The van der Waals surface area contributed by atoms with E-state index in [9.17, 15) is 4.39 Å². The van der Waals surface area contributed by atoms with Gasteiger partial charge < -0.3 is 10.6 Å². The van der Waals surface area contributed by atoms with Crippen LogP contribution in [0, 0.1) is 11.7 Å². The Balaban J connectivity index is 1.82. The lowest BCUT2D eigenvalue weighted by atomic mass is 9.89. The van der Waals surface area contributed by atoms with E-state index in [1.54, 1.807) is 12.1 Å². The Bertz CT molecular complexity index is 388. The predicted molar refractivity (Wildman–Crippen MR) is 77.4 cm³/mol. The molecule has 1 aliphatic carbocycles. The van der Waals surface area contributed by atoms with Crippen molar-refractivity contribution >= 4 is 0 Å². The molecule has 1 unspecified atom stereocenters. The average Bonchev–Trinajstić information content (AvgIpc) is 2.39. The van der Waals surface area contributed by atoms with E-state index in [4.69, 9.17) is 5.73 Å². The van der Waals surface area contributed by atoms with Gasteiger partial charge in [0.1, 0.15) is 5.82 Å². The van der Waals surface area contributed by atoms with Crippen molar-refractivity contribution < 1.29 is 4.39 Å². The minimum atomic E-state index is -0.206. The molecule has 0 aliphatic heterocycles. The molecule has 19 heavy (non-hydrogen) atoms. The molecule has 1 aromatic carbocycles. The van der Waals surface area contributed by atoms with Crippen LogP contribution in [-0.4, -0.2) is 25.0 Å². The number of hydrogen-bond donors (Lipinski definition) is 1. The number of rotatable bonds is 5. The molecule has 1 fully saturated rings. The highest BCUT2D eigenvalue weighted by Gasteiger charge is 2.17. The maximum atomic E-state index is 13.2. The summed E-state index contributed by atoms with van der Waals surface area (Å²) >= 11 is 0. The summed E-state index contributed by atoms with van der Waals surface area (Å²) in [5.74, 6) is 0.612. The van der Waals surface area contributed by atoms with Gasteiger partial charge in [0.05, 0.1) is 0 Å². The van der Waals surface area contributed by atoms with Gasteiger partial charge in [-0.1, -0.05) is 31.4 Å². The van der Waals surface area contributed by atoms with Crippen molar-refractivity contribution in [1.82, 2.24) is 4.90 Å². The number of hydrogen-bond acceptors (Lipinski definition) is 2. The molecule has 0 heterocycles. The van der Waals surface area contributed by atoms with Gasteiger partial charge in [-0.3, -0.25) is 0 Å². The molecule has 0 bridgehead atoms. The minimum Gasteiger partial charge on any atom is -0.323 e. The molecule has 1 aromatic rings. The van der Waals surface area contributed by atoms with Crippen LogP contribution >= 0.6 is 0 Å². The summed E-state index contributed by atoms with van der Waals surface area (Å²) in [6.07, 6.45) is 6.82. The summed E-state index contributed by atoms with van der Waals surface area (Å²) < 4.78 is 13.2. The summed E-state index contributed by atoms with van der Waals surface area (Å²) in [5, 5.41) is 0. The molecule has 1 atom stereocenters. The third-order valence-electron chi connectivity index (χ3n) is 4.08. The van der Waals surface area contributed by atoms with Crippen LogP contribution in [0.2, 0.25) is 0 Å². The van der Waals surface area contributed by atoms with Crippen LogP contribution in [0.3, 0.4) is 0 Å². The summed E-state index contributed by atoms with van der Waals surface area (Å²) in [5.41, 5.74) is 7.05. The molecule has 106 valence electrons. The van der Waals surface area contributed by atoms with Crippen molar-refractivity contribution in [3.05, 3.63) is 35.6 Å². The Morgan fingerprint density at radius 2 is 2.05 bits per heavy atom. The normalized spacial score (nSPS) is 18.7. The van der Waals surface area contributed by atoms with Gasteiger partial charge in [-0.15, -0.1) is 0 Å². The zero-order chi connectivity index (χ0) is 13.7. The predicted octanol–water partition coefficient (Wildman–Crippen LogP) is 3.34. The molecule has 1 saturated carbocycles. The van der Waals surface area contributed by atoms with E-state index in [0.717, 1.165) is 24.6 Å². The summed E-state index contributed by atoms with van der Waals surface area (Å²) in [7, 11) is 2.12. The second-order valence-electron chi connectivity index (χ2n) is 5.89. The van der Waals surface area contributed by atoms with Gasteiger partial charge >= 0.3 is 0 Å². The standard InChI is InChI=1S/C16H25FN2/c1-19(11-13-6-3-2-4-7-13)12-16(18)14-8-5-9-15(17)10-14/h5,8-10,13,16H,2-4,6-7,11-12,18H2,1H3. The van der Waals surface area contributed by atoms with E-state index < -0.39 is 0 Å². The molecule has 2 rings (SSSR count). The van der Waals surface area contributed by atoms with Crippen LogP contribution in [0.4, 0.5) is 4.39 Å². The molecular weight excluding hydrogens is 239 g/mol. The first-order chi connectivity index (χ1) is 9.15. The van der Waals surface area contributed by atoms with E-state index in [0.29, 0.717) is 0 Å². The molecule has 2 nitrogen and oxygen atoms in total. The van der Waals surface area contributed by atoms with Crippen LogP contribution in [0.5, 0.6) is 0 Å². The SMILES string of the molecule is CN(CC1CCCCC1)CC(N)c1cccc(F)c1. The van der Waals surface area contributed by atoms with Gasteiger partial charge in [-0.25, -0.2) is 4.39 Å². The Morgan fingerprint density at radius 3 is 2.74 bits per heavy atom. The zero-order valence-electron chi connectivity index (χ0n) is 11.8. The first kappa shape index (κ1) is 14.5. The Kier molecular flexibility index (Phi) is 5.34. The third-order valence-corrected chi connectivity index (χ3v) is 4.08. The number of likely N-dealkylation sites (N-methyl/N-ethyl adjacent to an activating group) is 1. The summed E-state index contributed by atoms with van der Waals surface area (Å²) in [6.45, 7) is 1.91. The van der Waals surface area contributed by atoms with Crippen molar-refractivity contribution in [1.29, 1.82) is 0 Å². The highest BCUT2D eigenvalue weighted by Crippen LogP contribution is 2.24. The fraction of sp³-hybridized carbons (Fsp3) is 0.625. The first-order valence-electron chi connectivity index (χ1n) is 7.35. The van der Waals surface area contributed by atoms with Crippen molar-refractivity contribution in [2.75, 3.05) is 20.1 Å². The number of benzene rings is 1. The zero-order valence-corrected chi connectivity index (χ0v) is 11.8. The highest BCUT2D eigenvalue weighted by atomic mass is 19.1. The van der Waals surface area contributed by atoms with Gasteiger partial charge in [0.15, 0.2) is 0 Å². The van der Waals surface area contributed by atoms with Gasteiger partial charge in [0, 0.05) is 19.1 Å². The number of nitrogens with two attached hydrogens (primary N) is 1. The van der Waals surface area contributed by atoms with Crippen molar-refractivity contribution in [2.45, 2.75) is 38.1 Å². The van der Waals surface area contributed by atoms with Crippen molar-refractivity contribution in [2.24, 2.45) is 11.7 Å². The quantitative estimate of drug-likeness (QED) is 0.884. The average molecular weight is 264 g/mol. The second kappa shape index (κ2) is 7.01. The number of halogens is 1. The largest absolute Gasteiger partial charge is 0.323 e. The van der Waals surface area contributed by atoms with Crippen molar-refractivity contribution in [3.63, 3.8) is 0 Å². The van der Waals surface area contributed by atoms with Crippen LogP contribution in [-0.2, 0) is 0 Å². The van der Waals surface area contributed by atoms with E-state index >= 15 is 0 Å².